The van der Waals surface area contributed by atoms with Gasteiger partial charge in [0.2, 0.25) is 0 Å². The highest BCUT2D eigenvalue weighted by molar-refractivity contribution is 5.68. The Morgan fingerprint density at radius 1 is 1.44 bits per heavy atom. The lowest BCUT2D eigenvalue weighted by Crippen LogP contribution is -2.20. The number of hydrogen-bond acceptors (Lipinski definition) is 3. The first-order valence-electron chi connectivity index (χ1n) is 6.12. The van der Waals surface area contributed by atoms with Crippen molar-refractivity contribution in [2.24, 2.45) is 5.73 Å². The minimum Gasteiger partial charge on any atom is -0.490 e. The molecule has 0 aromatic heterocycles. The molecule has 1 aliphatic heterocycles. The molecule has 0 saturated carbocycles. The van der Waals surface area contributed by atoms with E-state index >= 15 is 0 Å². The van der Waals surface area contributed by atoms with Gasteiger partial charge in [-0.2, -0.15) is 0 Å². The van der Waals surface area contributed by atoms with Crippen molar-refractivity contribution < 1.29 is 4.74 Å². The average molecular weight is 218 g/mol. The zero-order valence-electron chi connectivity index (χ0n) is 9.46. The molecule has 2 aliphatic rings. The molecule has 3 heteroatoms. The zero-order chi connectivity index (χ0) is 11.0. The molecule has 1 aliphatic carbocycles. The van der Waals surface area contributed by atoms with Crippen molar-refractivity contribution in [1.82, 2.24) is 0 Å². The Labute approximate surface area is 96.0 Å². The van der Waals surface area contributed by atoms with Gasteiger partial charge in [-0.1, -0.05) is 6.07 Å². The third kappa shape index (κ3) is 1.47. The summed E-state index contributed by atoms with van der Waals surface area (Å²) in [6, 6.07) is 4.32. The Morgan fingerprint density at radius 3 is 3.25 bits per heavy atom. The maximum Gasteiger partial charge on any atom is 0.142 e. The Kier molecular flexibility index (Phi) is 2.48. The quantitative estimate of drug-likeness (QED) is 0.796. The number of aryl methyl sites for hydroxylation is 1. The number of fused-ring (bicyclic) bond motifs is 3. The van der Waals surface area contributed by atoms with Crippen LogP contribution in [0.1, 0.15) is 29.9 Å². The molecule has 86 valence electrons. The number of anilines is 1. The molecule has 0 spiro atoms. The lowest BCUT2D eigenvalue weighted by molar-refractivity contribution is 0.322. The van der Waals surface area contributed by atoms with E-state index in [-0.39, 0.29) is 0 Å². The second-order valence-corrected chi connectivity index (χ2v) is 4.60. The summed E-state index contributed by atoms with van der Waals surface area (Å²) in [6.45, 7) is 2.46. The Bertz CT molecular complexity index is 401. The van der Waals surface area contributed by atoms with Crippen LogP contribution in [0.3, 0.4) is 0 Å². The van der Waals surface area contributed by atoms with Gasteiger partial charge in [0.25, 0.3) is 0 Å². The van der Waals surface area contributed by atoms with Crippen LogP contribution in [0.2, 0.25) is 0 Å². The molecule has 0 amide bonds. The minimum absolute atomic E-state index is 0.629. The van der Waals surface area contributed by atoms with E-state index in [9.17, 15) is 0 Å². The molecule has 1 aromatic carbocycles. The molecule has 0 radical (unpaired) electrons. The summed E-state index contributed by atoms with van der Waals surface area (Å²) in [4.78, 5) is 0. The molecular formula is C13H18N2O. The molecule has 16 heavy (non-hydrogen) atoms. The predicted octanol–water partition coefficient (Wildman–Crippen LogP) is 1.87. The van der Waals surface area contributed by atoms with Crippen molar-refractivity contribution in [1.29, 1.82) is 0 Å². The van der Waals surface area contributed by atoms with Gasteiger partial charge in [-0.3, -0.25) is 0 Å². The van der Waals surface area contributed by atoms with E-state index in [4.69, 9.17) is 10.5 Å². The zero-order valence-corrected chi connectivity index (χ0v) is 9.46. The van der Waals surface area contributed by atoms with E-state index in [1.165, 1.54) is 29.7 Å². The lowest BCUT2D eigenvalue weighted by Gasteiger charge is -2.24. The van der Waals surface area contributed by atoms with E-state index < -0.39 is 0 Å². The van der Waals surface area contributed by atoms with Crippen molar-refractivity contribution in [2.75, 3.05) is 25.0 Å². The van der Waals surface area contributed by atoms with Crippen molar-refractivity contribution in [3.05, 3.63) is 23.3 Å². The topological polar surface area (TPSA) is 47.3 Å². The fraction of sp³-hybridized carbons (Fsp3) is 0.538. The Balaban J connectivity index is 2.04. The molecule has 0 saturated heterocycles. The van der Waals surface area contributed by atoms with Gasteiger partial charge in [0, 0.05) is 6.54 Å². The number of rotatable bonds is 2. The molecule has 1 aromatic rings. The molecule has 3 nitrogen and oxygen atoms in total. The summed E-state index contributed by atoms with van der Waals surface area (Å²) >= 11 is 0. The van der Waals surface area contributed by atoms with E-state index in [0.717, 1.165) is 31.9 Å². The van der Waals surface area contributed by atoms with E-state index in [1.807, 2.05) is 0 Å². The van der Waals surface area contributed by atoms with Crippen LogP contribution in [0.15, 0.2) is 12.1 Å². The SMILES string of the molecule is NCC[C@@H]1CCc2ccc3c(c21)NCCO3. The summed E-state index contributed by atoms with van der Waals surface area (Å²) in [5.41, 5.74) is 9.88. The van der Waals surface area contributed by atoms with E-state index in [1.54, 1.807) is 0 Å². The second kappa shape index (κ2) is 3.98. The van der Waals surface area contributed by atoms with Crippen LogP contribution in [0.4, 0.5) is 5.69 Å². The van der Waals surface area contributed by atoms with Crippen LogP contribution in [-0.2, 0) is 6.42 Å². The maximum atomic E-state index is 5.69. The summed E-state index contributed by atoms with van der Waals surface area (Å²) < 4.78 is 5.68. The van der Waals surface area contributed by atoms with Crippen molar-refractivity contribution in [3.63, 3.8) is 0 Å². The monoisotopic (exact) mass is 218 g/mol. The van der Waals surface area contributed by atoms with Crippen molar-refractivity contribution in [2.45, 2.75) is 25.2 Å². The van der Waals surface area contributed by atoms with Crippen molar-refractivity contribution >= 4 is 5.69 Å². The van der Waals surface area contributed by atoms with Crippen LogP contribution in [0.25, 0.3) is 0 Å². The molecule has 0 unspecified atom stereocenters. The summed E-state index contributed by atoms with van der Waals surface area (Å²) in [7, 11) is 0. The molecule has 0 fully saturated rings. The number of nitrogens with one attached hydrogen (secondary N) is 1. The number of benzene rings is 1. The fourth-order valence-corrected chi connectivity index (χ4v) is 2.93. The minimum atomic E-state index is 0.629. The first-order valence-corrected chi connectivity index (χ1v) is 6.12. The third-order valence-electron chi connectivity index (χ3n) is 3.64. The predicted molar refractivity (Wildman–Crippen MR) is 65.2 cm³/mol. The third-order valence-corrected chi connectivity index (χ3v) is 3.64. The Hall–Kier alpha value is -1.22. The van der Waals surface area contributed by atoms with Crippen LogP contribution in [0, 0.1) is 0 Å². The van der Waals surface area contributed by atoms with Crippen LogP contribution >= 0.6 is 0 Å². The maximum absolute atomic E-state index is 5.69. The molecule has 1 atom stereocenters. The first kappa shape index (κ1) is 9.97. The standard InChI is InChI=1S/C13H18N2O/c14-6-5-10-2-1-9-3-4-11-13(12(9)10)15-7-8-16-11/h3-4,10,15H,1-2,5-8,14H2/t10-/m0/s1. The lowest BCUT2D eigenvalue weighted by atomic mass is 9.95. The van der Waals surface area contributed by atoms with Gasteiger partial charge in [-0.15, -0.1) is 0 Å². The highest BCUT2D eigenvalue weighted by Gasteiger charge is 2.28. The number of ether oxygens (including phenoxy) is 1. The fourth-order valence-electron chi connectivity index (χ4n) is 2.93. The number of nitrogens with two attached hydrogens (primary N) is 1. The van der Waals surface area contributed by atoms with Gasteiger partial charge < -0.3 is 15.8 Å². The van der Waals surface area contributed by atoms with Crippen LogP contribution in [0.5, 0.6) is 5.75 Å². The molecular weight excluding hydrogens is 200 g/mol. The van der Waals surface area contributed by atoms with E-state index in [0.29, 0.717) is 5.92 Å². The van der Waals surface area contributed by atoms with Gasteiger partial charge in [-0.25, -0.2) is 0 Å². The largest absolute Gasteiger partial charge is 0.490 e. The molecule has 3 rings (SSSR count). The smallest absolute Gasteiger partial charge is 0.142 e. The summed E-state index contributed by atoms with van der Waals surface area (Å²) in [5, 5.41) is 3.49. The highest BCUT2D eigenvalue weighted by Crippen LogP contribution is 2.44. The van der Waals surface area contributed by atoms with E-state index in [2.05, 4.69) is 17.4 Å². The first-order chi connectivity index (χ1) is 7.90. The van der Waals surface area contributed by atoms with Crippen LogP contribution < -0.4 is 15.8 Å². The summed E-state index contributed by atoms with van der Waals surface area (Å²) in [5.74, 6) is 1.65. The van der Waals surface area contributed by atoms with Gasteiger partial charge >= 0.3 is 0 Å². The Morgan fingerprint density at radius 2 is 2.38 bits per heavy atom. The van der Waals surface area contributed by atoms with Crippen molar-refractivity contribution in [3.8, 4) is 5.75 Å². The van der Waals surface area contributed by atoms with Crippen LogP contribution in [-0.4, -0.2) is 19.7 Å². The van der Waals surface area contributed by atoms with Gasteiger partial charge in [0.15, 0.2) is 0 Å². The van der Waals surface area contributed by atoms with Gasteiger partial charge in [0.05, 0.1) is 5.69 Å². The average Bonchev–Trinajstić information content (AvgIpc) is 2.73. The molecule has 1 heterocycles. The number of hydrogen-bond donors (Lipinski definition) is 2. The van der Waals surface area contributed by atoms with Gasteiger partial charge in [0.1, 0.15) is 12.4 Å². The second-order valence-electron chi connectivity index (χ2n) is 4.60. The molecule has 3 N–H and O–H groups in total. The molecule has 0 bridgehead atoms. The van der Waals surface area contributed by atoms with Gasteiger partial charge in [-0.05, 0) is 48.9 Å². The highest BCUT2D eigenvalue weighted by atomic mass is 16.5. The summed E-state index contributed by atoms with van der Waals surface area (Å²) in [6.07, 6.45) is 3.52. The normalized spacial score (nSPS) is 21.9.